The van der Waals surface area contributed by atoms with Gasteiger partial charge in [0.25, 0.3) is 0 Å². The van der Waals surface area contributed by atoms with E-state index in [0.717, 1.165) is 31.1 Å². The fourth-order valence-corrected chi connectivity index (χ4v) is 2.76. The summed E-state index contributed by atoms with van der Waals surface area (Å²) in [6.07, 6.45) is 4.05. The Hall–Kier alpha value is -0.0800. The summed E-state index contributed by atoms with van der Waals surface area (Å²) in [5.74, 6) is 1.84. The lowest BCUT2D eigenvalue weighted by Gasteiger charge is -2.36. The van der Waals surface area contributed by atoms with Crippen LogP contribution in [0.5, 0.6) is 0 Å². The summed E-state index contributed by atoms with van der Waals surface area (Å²) < 4.78 is 5.44. The summed E-state index contributed by atoms with van der Waals surface area (Å²) in [7, 11) is 0. The number of hydrogen-bond acceptors (Lipinski definition) is 2. The lowest BCUT2D eigenvalue weighted by atomic mass is 9.86. The lowest BCUT2D eigenvalue weighted by Crippen LogP contribution is -2.42. The van der Waals surface area contributed by atoms with Gasteiger partial charge in [0.05, 0.1) is 6.61 Å². The zero-order valence-electron chi connectivity index (χ0n) is 9.54. The Labute approximate surface area is 87.6 Å². The summed E-state index contributed by atoms with van der Waals surface area (Å²) in [6.45, 7) is 9.28. The molecule has 0 aromatic heterocycles. The molecule has 0 spiro atoms. The third kappa shape index (κ3) is 2.29. The van der Waals surface area contributed by atoms with Crippen molar-refractivity contribution in [2.45, 2.75) is 39.2 Å². The Kier molecular flexibility index (Phi) is 3.45. The average molecular weight is 197 g/mol. The molecule has 14 heavy (non-hydrogen) atoms. The standard InChI is InChI=1S/C12H23NO/c1-10(2)11-3-6-13(7-4-11)12-5-8-14-9-12/h10-12H,3-9H2,1-2H3. The van der Waals surface area contributed by atoms with Crippen molar-refractivity contribution in [3.63, 3.8) is 0 Å². The minimum atomic E-state index is 0.739. The van der Waals surface area contributed by atoms with Crippen molar-refractivity contribution >= 4 is 0 Å². The van der Waals surface area contributed by atoms with Gasteiger partial charge in [-0.05, 0) is 44.2 Å². The maximum atomic E-state index is 5.44. The van der Waals surface area contributed by atoms with Crippen molar-refractivity contribution in [2.24, 2.45) is 11.8 Å². The van der Waals surface area contributed by atoms with Crippen LogP contribution in [0.15, 0.2) is 0 Å². The maximum Gasteiger partial charge on any atom is 0.0622 e. The normalized spacial score (nSPS) is 31.5. The van der Waals surface area contributed by atoms with Crippen LogP contribution in [-0.2, 0) is 4.74 Å². The third-order valence-electron chi connectivity index (χ3n) is 3.94. The van der Waals surface area contributed by atoms with Crippen molar-refractivity contribution < 1.29 is 4.74 Å². The Balaban J connectivity index is 1.77. The van der Waals surface area contributed by atoms with Gasteiger partial charge in [0, 0.05) is 12.6 Å². The van der Waals surface area contributed by atoms with Crippen LogP contribution in [0.3, 0.4) is 0 Å². The molecule has 2 fully saturated rings. The zero-order chi connectivity index (χ0) is 9.97. The Morgan fingerprint density at radius 2 is 1.86 bits per heavy atom. The highest BCUT2D eigenvalue weighted by Gasteiger charge is 2.28. The molecule has 2 rings (SSSR count). The molecule has 2 aliphatic heterocycles. The van der Waals surface area contributed by atoms with Gasteiger partial charge in [-0.3, -0.25) is 4.90 Å². The molecule has 2 nitrogen and oxygen atoms in total. The van der Waals surface area contributed by atoms with E-state index in [1.54, 1.807) is 0 Å². The van der Waals surface area contributed by atoms with Gasteiger partial charge in [0.2, 0.25) is 0 Å². The van der Waals surface area contributed by atoms with Gasteiger partial charge in [0.1, 0.15) is 0 Å². The number of nitrogens with zero attached hydrogens (tertiary/aromatic N) is 1. The van der Waals surface area contributed by atoms with E-state index in [1.807, 2.05) is 0 Å². The SMILES string of the molecule is CC(C)C1CCN(C2CCOC2)CC1. The molecule has 0 saturated carbocycles. The van der Waals surface area contributed by atoms with Gasteiger partial charge < -0.3 is 4.74 Å². The molecular weight excluding hydrogens is 174 g/mol. The highest BCUT2D eigenvalue weighted by molar-refractivity contribution is 4.81. The minimum absolute atomic E-state index is 0.739. The van der Waals surface area contributed by atoms with E-state index in [0.29, 0.717) is 0 Å². The van der Waals surface area contributed by atoms with Crippen molar-refractivity contribution in [3.05, 3.63) is 0 Å². The quantitative estimate of drug-likeness (QED) is 0.672. The smallest absolute Gasteiger partial charge is 0.0622 e. The second-order valence-electron chi connectivity index (χ2n) is 5.13. The highest BCUT2D eigenvalue weighted by atomic mass is 16.5. The van der Waals surface area contributed by atoms with Gasteiger partial charge in [-0.2, -0.15) is 0 Å². The molecule has 2 heterocycles. The van der Waals surface area contributed by atoms with E-state index in [9.17, 15) is 0 Å². The molecule has 82 valence electrons. The molecule has 0 amide bonds. The largest absolute Gasteiger partial charge is 0.380 e. The van der Waals surface area contributed by atoms with E-state index >= 15 is 0 Å². The number of hydrogen-bond donors (Lipinski definition) is 0. The third-order valence-corrected chi connectivity index (χ3v) is 3.94. The van der Waals surface area contributed by atoms with Crippen LogP contribution in [0.25, 0.3) is 0 Å². The van der Waals surface area contributed by atoms with Crippen LogP contribution in [0.2, 0.25) is 0 Å². The Morgan fingerprint density at radius 3 is 2.36 bits per heavy atom. The van der Waals surface area contributed by atoms with Gasteiger partial charge in [-0.1, -0.05) is 13.8 Å². The summed E-state index contributed by atoms with van der Waals surface area (Å²) >= 11 is 0. The molecule has 0 bridgehead atoms. The molecule has 1 atom stereocenters. The van der Waals surface area contributed by atoms with Gasteiger partial charge in [-0.25, -0.2) is 0 Å². The van der Waals surface area contributed by atoms with Crippen LogP contribution >= 0.6 is 0 Å². The molecule has 0 N–H and O–H groups in total. The summed E-state index contributed by atoms with van der Waals surface area (Å²) in [5.41, 5.74) is 0. The van der Waals surface area contributed by atoms with E-state index in [-0.39, 0.29) is 0 Å². The summed E-state index contributed by atoms with van der Waals surface area (Å²) in [4.78, 5) is 2.64. The van der Waals surface area contributed by atoms with Crippen LogP contribution in [0.4, 0.5) is 0 Å². The second-order valence-corrected chi connectivity index (χ2v) is 5.13. The average Bonchev–Trinajstić information content (AvgIpc) is 2.71. The molecule has 2 aliphatic rings. The maximum absolute atomic E-state index is 5.44. The fourth-order valence-electron chi connectivity index (χ4n) is 2.76. The van der Waals surface area contributed by atoms with Gasteiger partial charge >= 0.3 is 0 Å². The predicted molar refractivity (Wildman–Crippen MR) is 58.4 cm³/mol. The first kappa shape index (κ1) is 10.4. The molecule has 2 heteroatoms. The molecule has 0 aromatic carbocycles. The van der Waals surface area contributed by atoms with Crippen LogP contribution in [-0.4, -0.2) is 37.2 Å². The number of rotatable bonds is 2. The van der Waals surface area contributed by atoms with E-state index in [2.05, 4.69) is 18.7 Å². The Bertz CT molecular complexity index is 167. The summed E-state index contributed by atoms with van der Waals surface area (Å²) in [5, 5.41) is 0. The summed E-state index contributed by atoms with van der Waals surface area (Å²) in [6, 6.07) is 0.739. The van der Waals surface area contributed by atoms with Gasteiger partial charge in [0.15, 0.2) is 0 Å². The fraction of sp³-hybridized carbons (Fsp3) is 1.00. The first-order chi connectivity index (χ1) is 6.77. The molecule has 2 saturated heterocycles. The molecule has 0 aliphatic carbocycles. The molecule has 1 unspecified atom stereocenters. The Morgan fingerprint density at radius 1 is 1.14 bits per heavy atom. The first-order valence-electron chi connectivity index (χ1n) is 6.09. The second kappa shape index (κ2) is 4.63. The monoisotopic (exact) mass is 197 g/mol. The van der Waals surface area contributed by atoms with Crippen LogP contribution in [0, 0.1) is 11.8 Å². The van der Waals surface area contributed by atoms with Crippen molar-refractivity contribution in [3.8, 4) is 0 Å². The molecule has 0 radical (unpaired) electrons. The van der Waals surface area contributed by atoms with Crippen molar-refractivity contribution in [2.75, 3.05) is 26.3 Å². The topological polar surface area (TPSA) is 12.5 Å². The number of piperidine rings is 1. The predicted octanol–water partition coefficient (Wildman–Crippen LogP) is 2.14. The van der Waals surface area contributed by atoms with E-state index < -0.39 is 0 Å². The lowest BCUT2D eigenvalue weighted by molar-refractivity contribution is 0.0983. The zero-order valence-corrected chi connectivity index (χ0v) is 9.54. The highest BCUT2D eigenvalue weighted by Crippen LogP contribution is 2.26. The van der Waals surface area contributed by atoms with Crippen molar-refractivity contribution in [1.29, 1.82) is 0 Å². The number of ether oxygens (including phenoxy) is 1. The van der Waals surface area contributed by atoms with E-state index in [4.69, 9.17) is 4.74 Å². The van der Waals surface area contributed by atoms with Crippen LogP contribution < -0.4 is 0 Å². The minimum Gasteiger partial charge on any atom is -0.380 e. The van der Waals surface area contributed by atoms with Gasteiger partial charge in [-0.15, -0.1) is 0 Å². The van der Waals surface area contributed by atoms with Crippen LogP contribution in [0.1, 0.15) is 33.1 Å². The first-order valence-corrected chi connectivity index (χ1v) is 6.09. The van der Waals surface area contributed by atoms with Crippen molar-refractivity contribution in [1.82, 2.24) is 4.90 Å². The number of likely N-dealkylation sites (tertiary alicyclic amines) is 1. The molecule has 0 aromatic rings. The molecular formula is C12H23NO. The van der Waals surface area contributed by atoms with E-state index in [1.165, 1.54) is 32.4 Å².